The van der Waals surface area contributed by atoms with Crippen LogP contribution in [0.2, 0.25) is 5.02 Å². The molecular weight excluding hydrogens is 394 g/mol. The fourth-order valence-electron chi connectivity index (χ4n) is 2.05. The fourth-order valence-corrected chi connectivity index (χ4v) is 2.89. The molecular formula is C18H18ClNO6S. The molecule has 7 nitrogen and oxygen atoms in total. The minimum atomic E-state index is -3.39. The molecule has 0 spiro atoms. The van der Waals surface area contributed by atoms with E-state index in [1.807, 2.05) is 6.92 Å². The zero-order valence-electron chi connectivity index (χ0n) is 14.7. The fraction of sp³-hybridized carbons (Fsp3) is 0.222. The van der Waals surface area contributed by atoms with E-state index in [0.29, 0.717) is 10.8 Å². The van der Waals surface area contributed by atoms with Crippen LogP contribution >= 0.6 is 11.6 Å². The Kier molecular flexibility index (Phi) is 6.81. The number of hydrogen-bond donors (Lipinski definition) is 1. The van der Waals surface area contributed by atoms with Crippen molar-refractivity contribution in [1.29, 1.82) is 0 Å². The van der Waals surface area contributed by atoms with E-state index in [4.69, 9.17) is 21.1 Å². The van der Waals surface area contributed by atoms with Gasteiger partial charge < -0.3 is 14.8 Å². The van der Waals surface area contributed by atoms with Crippen molar-refractivity contribution in [2.24, 2.45) is 0 Å². The maximum atomic E-state index is 11.9. The van der Waals surface area contributed by atoms with Gasteiger partial charge in [0.1, 0.15) is 5.75 Å². The zero-order chi connectivity index (χ0) is 20.0. The van der Waals surface area contributed by atoms with Gasteiger partial charge in [-0.3, -0.25) is 4.79 Å². The lowest BCUT2D eigenvalue weighted by Gasteiger charge is -2.10. The van der Waals surface area contributed by atoms with E-state index >= 15 is 0 Å². The van der Waals surface area contributed by atoms with Gasteiger partial charge in [0.05, 0.1) is 9.92 Å². The van der Waals surface area contributed by atoms with Crippen molar-refractivity contribution >= 4 is 39.0 Å². The maximum Gasteiger partial charge on any atom is 0.344 e. The molecule has 0 saturated carbocycles. The number of anilines is 1. The van der Waals surface area contributed by atoms with E-state index in [9.17, 15) is 18.0 Å². The van der Waals surface area contributed by atoms with Crippen LogP contribution in [0, 0.1) is 6.92 Å². The number of aryl methyl sites for hydroxylation is 1. The lowest BCUT2D eigenvalue weighted by Crippen LogP contribution is -2.23. The van der Waals surface area contributed by atoms with Crippen molar-refractivity contribution in [2.45, 2.75) is 11.8 Å². The Labute approximate surface area is 162 Å². The number of ether oxygens (including phenoxy) is 2. The van der Waals surface area contributed by atoms with Crippen LogP contribution in [-0.2, 0) is 24.2 Å². The van der Waals surface area contributed by atoms with E-state index in [-0.39, 0.29) is 10.6 Å². The summed E-state index contributed by atoms with van der Waals surface area (Å²) in [5.74, 6) is -1.01. The van der Waals surface area contributed by atoms with Gasteiger partial charge in [0.25, 0.3) is 5.91 Å². The number of carbonyl (C=O) groups is 2. The van der Waals surface area contributed by atoms with Crippen LogP contribution in [0.4, 0.5) is 5.69 Å². The third kappa shape index (κ3) is 6.58. The predicted molar refractivity (Wildman–Crippen MR) is 101 cm³/mol. The average Bonchev–Trinajstić information content (AvgIpc) is 2.60. The van der Waals surface area contributed by atoms with Gasteiger partial charge in [-0.2, -0.15) is 0 Å². The van der Waals surface area contributed by atoms with Crippen LogP contribution in [0.25, 0.3) is 0 Å². The molecule has 0 atom stereocenters. The van der Waals surface area contributed by atoms with Crippen LogP contribution in [-0.4, -0.2) is 39.8 Å². The summed E-state index contributed by atoms with van der Waals surface area (Å²) in [5, 5.41) is 2.82. The van der Waals surface area contributed by atoms with Crippen molar-refractivity contribution in [1.82, 2.24) is 0 Å². The molecule has 2 aromatic carbocycles. The van der Waals surface area contributed by atoms with Crippen molar-refractivity contribution in [3.63, 3.8) is 0 Å². The number of nitrogens with one attached hydrogen (secondary N) is 1. The van der Waals surface area contributed by atoms with Gasteiger partial charge in [-0.15, -0.1) is 0 Å². The minimum absolute atomic E-state index is 0.0701. The Morgan fingerprint density at radius 1 is 1.11 bits per heavy atom. The van der Waals surface area contributed by atoms with E-state index in [1.54, 1.807) is 18.2 Å². The molecule has 9 heteroatoms. The predicted octanol–water partition coefficient (Wildman–Crippen LogP) is 2.61. The summed E-state index contributed by atoms with van der Waals surface area (Å²) in [6.07, 6.45) is 1.07. The lowest BCUT2D eigenvalue weighted by atomic mass is 10.2. The monoisotopic (exact) mass is 411 g/mol. The van der Waals surface area contributed by atoms with Crippen molar-refractivity contribution in [2.75, 3.05) is 24.8 Å². The smallest absolute Gasteiger partial charge is 0.344 e. The second kappa shape index (κ2) is 8.88. The van der Waals surface area contributed by atoms with Crippen LogP contribution < -0.4 is 10.1 Å². The molecule has 0 radical (unpaired) electrons. The first-order valence-corrected chi connectivity index (χ1v) is 10.1. The van der Waals surface area contributed by atoms with E-state index in [2.05, 4.69) is 5.32 Å². The highest BCUT2D eigenvalue weighted by Crippen LogP contribution is 2.25. The summed E-state index contributed by atoms with van der Waals surface area (Å²) in [7, 11) is -3.39. The Morgan fingerprint density at radius 2 is 1.85 bits per heavy atom. The van der Waals surface area contributed by atoms with Crippen molar-refractivity contribution in [3.05, 3.63) is 53.1 Å². The number of hydrogen-bond acceptors (Lipinski definition) is 6. The molecule has 0 bridgehead atoms. The van der Waals surface area contributed by atoms with Crippen LogP contribution in [0.1, 0.15) is 5.56 Å². The highest BCUT2D eigenvalue weighted by Gasteiger charge is 2.12. The highest BCUT2D eigenvalue weighted by molar-refractivity contribution is 7.90. The molecule has 0 saturated heterocycles. The number of rotatable bonds is 7. The van der Waals surface area contributed by atoms with Gasteiger partial charge in [-0.1, -0.05) is 23.7 Å². The number of esters is 1. The molecule has 1 N–H and O–H groups in total. The molecule has 144 valence electrons. The van der Waals surface area contributed by atoms with Crippen LogP contribution in [0.15, 0.2) is 47.4 Å². The molecule has 0 aromatic heterocycles. The molecule has 0 unspecified atom stereocenters. The van der Waals surface area contributed by atoms with Crippen molar-refractivity contribution < 1.29 is 27.5 Å². The second-order valence-electron chi connectivity index (χ2n) is 5.73. The largest absolute Gasteiger partial charge is 0.480 e. The first-order chi connectivity index (χ1) is 12.6. The first kappa shape index (κ1) is 20.7. The summed E-state index contributed by atoms with van der Waals surface area (Å²) in [4.78, 5) is 23.6. The van der Waals surface area contributed by atoms with E-state index < -0.39 is 34.9 Å². The Morgan fingerprint density at radius 3 is 2.56 bits per heavy atom. The molecule has 0 aliphatic rings. The van der Waals surface area contributed by atoms with Crippen LogP contribution in [0.5, 0.6) is 5.75 Å². The third-order valence-corrected chi connectivity index (χ3v) is 4.76. The first-order valence-electron chi connectivity index (χ1n) is 7.80. The summed E-state index contributed by atoms with van der Waals surface area (Å²) in [6, 6.07) is 10.9. The molecule has 2 rings (SSSR count). The molecule has 27 heavy (non-hydrogen) atoms. The van der Waals surface area contributed by atoms with E-state index in [0.717, 1.165) is 11.8 Å². The van der Waals surface area contributed by atoms with Gasteiger partial charge in [0.15, 0.2) is 23.1 Å². The molecule has 0 aliphatic heterocycles. The topological polar surface area (TPSA) is 98.8 Å². The average molecular weight is 412 g/mol. The standard InChI is InChI=1S/C18H18ClNO6S/c1-12-6-7-15(19)16(8-12)25-11-18(22)26-10-17(21)20-13-4-3-5-14(9-13)27(2,23)24/h3-9H,10-11H2,1-2H3,(H,20,21). The normalized spacial score (nSPS) is 10.9. The summed E-state index contributed by atoms with van der Waals surface area (Å²) < 4.78 is 33.1. The second-order valence-corrected chi connectivity index (χ2v) is 8.15. The number of benzene rings is 2. The van der Waals surface area contributed by atoms with Gasteiger partial charge in [-0.25, -0.2) is 13.2 Å². The molecule has 2 aromatic rings. The SMILES string of the molecule is Cc1ccc(Cl)c(OCC(=O)OCC(=O)Nc2cccc(S(C)(=O)=O)c2)c1. The lowest BCUT2D eigenvalue weighted by molar-refractivity contribution is -0.149. The number of halogens is 1. The van der Waals surface area contributed by atoms with Gasteiger partial charge in [0.2, 0.25) is 0 Å². The van der Waals surface area contributed by atoms with E-state index in [1.165, 1.54) is 24.3 Å². The van der Waals surface area contributed by atoms with Crippen molar-refractivity contribution in [3.8, 4) is 5.75 Å². The molecule has 1 amide bonds. The number of amides is 1. The third-order valence-electron chi connectivity index (χ3n) is 3.34. The summed E-state index contributed by atoms with van der Waals surface area (Å²) >= 11 is 5.96. The molecule has 0 aliphatic carbocycles. The molecule has 0 heterocycles. The Balaban J connectivity index is 1.83. The van der Waals surface area contributed by atoms with Crippen LogP contribution in [0.3, 0.4) is 0 Å². The Bertz CT molecular complexity index is 958. The zero-order valence-corrected chi connectivity index (χ0v) is 16.3. The number of sulfone groups is 1. The quantitative estimate of drug-likeness (QED) is 0.703. The van der Waals surface area contributed by atoms with Gasteiger partial charge >= 0.3 is 5.97 Å². The van der Waals surface area contributed by atoms with Gasteiger partial charge in [-0.05, 0) is 42.8 Å². The minimum Gasteiger partial charge on any atom is -0.480 e. The highest BCUT2D eigenvalue weighted by atomic mass is 35.5. The number of carbonyl (C=O) groups excluding carboxylic acids is 2. The summed E-state index contributed by atoms with van der Waals surface area (Å²) in [6.45, 7) is 0.914. The van der Waals surface area contributed by atoms with Gasteiger partial charge in [0, 0.05) is 11.9 Å². The Hall–Kier alpha value is -2.58. The maximum absolute atomic E-state index is 11.9. The molecule has 0 fully saturated rings. The summed E-state index contributed by atoms with van der Waals surface area (Å²) in [5.41, 5.74) is 1.19.